The van der Waals surface area contributed by atoms with Crippen molar-refractivity contribution in [3.63, 3.8) is 0 Å². The molecule has 0 radical (unpaired) electrons. The molecule has 2 aromatic rings. The average molecular weight is 236 g/mol. The molecule has 1 aromatic carbocycles. The Morgan fingerprint density at radius 3 is 2.62 bits per heavy atom. The highest BCUT2D eigenvalue weighted by molar-refractivity contribution is 7.21. The molecule has 2 N–H and O–H groups in total. The molecule has 1 aromatic heterocycles. The summed E-state index contributed by atoms with van der Waals surface area (Å²) >= 11 is 1.21. The number of carbonyl (C=O) groups is 1. The SMILES string of the molecule is CC(C)c1c(C(=O)O)sc2cc(O)ccc12. The van der Waals surface area contributed by atoms with Gasteiger partial charge in [0, 0.05) is 4.70 Å². The van der Waals surface area contributed by atoms with Crippen molar-refractivity contribution < 1.29 is 15.0 Å². The predicted octanol–water partition coefficient (Wildman–Crippen LogP) is 3.43. The van der Waals surface area contributed by atoms with Gasteiger partial charge >= 0.3 is 5.97 Å². The van der Waals surface area contributed by atoms with Crippen molar-refractivity contribution in [2.75, 3.05) is 0 Å². The molecule has 3 nitrogen and oxygen atoms in total. The van der Waals surface area contributed by atoms with Gasteiger partial charge in [0.25, 0.3) is 0 Å². The molecular formula is C12H12O3S. The lowest BCUT2D eigenvalue weighted by Crippen LogP contribution is -1.99. The maximum atomic E-state index is 11.1. The third-order valence-electron chi connectivity index (χ3n) is 2.48. The first-order valence-electron chi connectivity index (χ1n) is 4.99. The zero-order valence-corrected chi connectivity index (χ0v) is 9.84. The number of rotatable bonds is 2. The van der Waals surface area contributed by atoms with Gasteiger partial charge in [0.2, 0.25) is 0 Å². The lowest BCUT2D eigenvalue weighted by Gasteiger charge is -2.05. The van der Waals surface area contributed by atoms with Crippen molar-refractivity contribution >= 4 is 27.4 Å². The van der Waals surface area contributed by atoms with Gasteiger partial charge in [-0.2, -0.15) is 0 Å². The summed E-state index contributed by atoms with van der Waals surface area (Å²) in [7, 11) is 0. The number of aromatic carboxylic acids is 1. The molecule has 0 amide bonds. The summed E-state index contributed by atoms with van der Waals surface area (Å²) in [6, 6.07) is 4.98. The van der Waals surface area contributed by atoms with E-state index >= 15 is 0 Å². The van der Waals surface area contributed by atoms with Crippen molar-refractivity contribution in [2.24, 2.45) is 0 Å². The fourth-order valence-electron chi connectivity index (χ4n) is 1.84. The second-order valence-corrected chi connectivity index (χ2v) is 5.04. The zero-order chi connectivity index (χ0) is 11.9. The molecular weight excluding hydrogens is 224 g/mol. The molecule has 0 aliphatic rings. The third-order valence-corrected chi connectivity index (χ3v) is 3.64. The number of phenolic OH excluding ortho intramolecular Hbond substituents is 1. The monoisotopic (exact) mass is 236 g/mol. The number of hydrogen-bond acceptors (Lipinski definition) is 3. The number of carboxylic acid groups (broad SMARTS) is 1. The van der Waals surface area contributed by atoms with Crippen LogP contribution in [-0.2, 0) is 0 Å². The van der Waals surface area contributed by atoms with E-state index in [9.17, 15) is 9.90 Å². The number of fused-ring (bicyclic) bond motifs is 1. The second kappa shape index (κ2) is 3.79. The van der Waals surface area contributed by atoms with Crippen LogP contribution in [-0.4, -0.2) is 16.2 Å². The minimum atomic E-state index is -0.899. The van der Waals surface area contributed by atoms with E-state index in [0.717, 1.165) is 15.6 Å². The van der Waals surface area contributed by atoms with Crippen molar-refractivity contribution in [3.05, 3.63) is 28.6 Å². The van der Waals surface area contributed by atoms with E-state index in [2.05, 4.69) is 0 Å². The van der Waals surface area contributed by atoms with E-state index in [4.69, 9.17) is 5.11 Å². The molecule has 0 spiro atoms. The van der Waals surface area contributed by atoms with Crippen LogP contribution >= 0.6 is 11.3 Å². The molecule has 0 unspecified atom stereocenters. The molecule has 84 valence electrons. The number of hydrogen-bond donors (Lipinski definition) is 2. The van der Waals surface area contributed by atoms with Gasteiger partial charge in [-0.1, -0.05) is 13.8 Å². The first-order chi connectivity index (χ1) is 7.50. The van der Waals surface area contributed by atoms with E-state index in [1.54, 1.807) is 18.2 Å². The highest BCUT2D eigenvalue weighted by Gasteiger charge is 2.19. The minimum Gasteiger partial charge on any atom is -0.508 e. The Balaban J connectivity index is 2.81. The Hall–Kier alpha value is -1.55. The molecule has 16 heavy (non-hydrogen) atoms. The third kappa shape index (κ3) is 1.65. The lowest BCUT2D eigenvalue weighted by molar-refractivity contribution is 0.0701. The van der Waals surface area contributed by atoms with Gasteiger partial charge in [-0.05, 0) is 35.1 Å². The lowest BCUT2D eigenvalue weighted by atomic mass is 9.99. The van der Waals surface area contributed by atoms with Gasteiger partial charge in [-0.15, -0.1) is 11.3 Å². The Morgan fingerprint density at radius 1 is 1.38 bits per heavy atom. The summed E-state index contributed by atoms with van der Waals surface area (Å²) in [6.45, 7) is 3.95. The quantitative estimate of drug-likeness (QED) is 0.839. The molecule has 0 saturated carbocycles. The molecule has 0 bridgehead atoms. The van der Waals surface area contributed by atoms with Gasteiger partial charge in [0.1, 0.15) is 10.6 Å². The zero-order valence-electron chi connectivity index (χ0n) is 9.02. The second-order valence-electron chi connectivity index (χ2n) is 3.99. The fourth-order valence-corrected chi connectivity index (χ4v) is 3.07. The Kier molecular flexibility index (Phi) is 2.59. The standard InChI is InChI=1S/C12H12O3S/c1-6(2)10-8-4-3-7(13)5-9(8)16-11(10)12(14)15/h3-6,13H,1-2H3,(H,14,15). The Bertz CT molecular complexity index is 555. The molecule has 0 aliphatic carbocycles. The van der Waals surface area contributed by atoms with E-state index in [0.29, 0.717) is 4.88 Å². The van der Waals surface area contributed by atoms with Crippen molar-refractivity contribution in [2.45, 2.75) is 19.8 Å². The van der Waals surface area contributed by atoms with E-state index < -0.39 is 5.97 Å². The Labute approximate surface area is 97.0 Å². The van der Waals surface area contributed by atoms with Crippen molar-refractivity contribution in [3.8, 4) is 5.75 Å². The van der Waals surface area contributed by atoms with Crippen LogP contribution in [0.2, 0.25) is 0 Å². The maximum Gasteiger partial charge on any atom is 0.346 e. The van der Waals surface area contributed by atoms with Gasteiger partial charge in [0.15, 0.2) is 0 Å². The van der Waals surface area contributed by atoms with Crippen molar-refractivity contribution in [1.82, 2.24) is 0 Å². The smallest absolute Gasteiger partial charge is 0.346 e. The van der Waals surface area contributed by atoms with E-state index in [1.165, 1.54) is 11.3 Å². The van der Waals surface area contributed by atoms with Gasteiger partial charge in [0.05, 0.1) is 0 Å². The van der Waals surface area contributed by atoms with Gasteiger partial charge in [-0.25, -0.2) is 4.79 Å². The maximum absolute atomic E-state index is 11.1. The summed E-state index contributed by atoms with van der Waals surface area (Å²) in [5.74, 6) is -0.574. The minimum absolute atomic E-state index is 0.157. The van der Waals surface area contributed by atoms with Crippen LogP contribution in [0.1, 0.15) is 35.0 Å². The van der Waals surface area contributed by atoms with Gasteiger partial charge in [-0.3, -0.25) is 0 Å². The van der Waals surface area contributed by atoms with Crippen LogP contribution in [0.5, 0.6) is 5.75 Å². The molecule has 0 aliphatic heterocycles. The van der Waals surface area contributed by atoms with Gasteiger partial charge < -0.3 is 10.2 Å². The van der Waals surface area contributed by atoms with Crippen LogP contribution in [0.3, 0.4) is 0 Å². The topological polar surface area (TPSA) is 57.5 Å². The van der Waals surface area contributed by atoms with Crippen LogP contribution in [0.25, 0.3) is 10.1 Å². The van der Waals surface area contributed by atoms with E-state index in [-0.39, 0.29) is 11.7 Å². The molecule has 0 atom stereocenters. The predicted molar refractivity (Wildman–Crippen MR) is 64.5 cm³/mol. The largest absolute Gasteiger partial charge is 0.508 e. The number of thiophene rings is 1. The summed E-state index contributed by atoms with van der Waals surface area (Å²) in [5, 5.41) is 19.4. The Morgan fingerprint density at radius 2 is 2.06 bits per heavy atom. The highest BCUT2D eigenvalue weighted by Crippen LogP contribution is 2.37. The molecule has 2 rings (SSSR count). The number of aromatic hydroxyl groups is 1. The van der Waals surface area contributed by atoms with Crippen LogP contribution in [0.15, 0.2) is 18.2 Å². The van der Waals surface area contributed by atoms with Crippen LogP contribution in [0.4, 0.5) is 0 Å². The molecule has 0 saturated heterocycles. The van der Waals surface area contributed by atoms with Crippen molar-refractivity contribution in [1.29, 1.82) is 0 Å². The van der Waals surface area contributed by atoms with Crippen LogP contribution in [0, 0.1) is 0 Å². The molecule has 1 heterocycles. The fraction of sp³-hybridized carbons (Fsp3) is 0.250. The first kappa shape index (κ1) is 11.0. The molecule has 0 fully saturated rings. The number of benzene rings is 1. The highest BCUT2D eigenvalue weighted by atomic mass is 32.1. The number of carboxylic acids is 1. The van der Waals surface area contributed by atoms with E-state index in [1.807, 2.05) is 13.8 Å². The first-order valence-corrected chi connectivity index (χ1v) is 5.81. The normalized spacial score (nSPS) is 11.2. The molecule has 4 heteroatoms. The van der Waals surface area contributed by atoms with Crippen LogP contribution < -0.4 is 0 Å². The summed E-state index contributed by atoms with van der Waals surface area (Å²) in [6.07, 6.45) is 0. The number of phenols is 1. The summed E-state index contributed by atoms with van der Waals surface area (Å²) < 4.78 is 0.820. The summed E-state index contributed by atoms with van der Waals surface area (Å²) in [4.78, 5) is 11.5. The summed E-state index contributed by atoms with van der Waals surface area (Å²) in [5.41, 5.74) is 0.854. The average Bonchev–Trinajstić information content (AvgIpc) is 2.55.